The lowest BCUT2D eigenvalue weighted by molar-refractivity contribution is 0.0522. The quantitative estimate of drug-likeness (QED) is 0.882. The first-order valence-electron chi connectivity index (χ1n) is 9.06. The number of ether oxygens (including phenoxy) is 1. The Morgan fingerprint density at radius 1 is 1.29 bits per heavy atom. The molecular formula is C20H32N2O2. The average Bonchev–Trinajstić information content (AvgIpc) is 2.47. The number of amides is 1. The highest BCUT2D eigenvalue weighted by Gasteiger charge is 2.20. The SMILES string of the molecule is Cc1cccc(CN2CCC(CCNC(=O)OC(C)(C)C)CC2)c1. The van der Waals surface area contributed by atoms with Crippen LogP contribution in [0.1, 0.15) is 51.2 Å². The third-order valence-electron chi connectivity index (χ3n) is 4.42. The fourth-order valence-corrected chi connectivity index (χ4v) is 3.19. The van der Waals surface area contributed by atoms with Gasteiger partial charge in [-0.3, -0.25) is 4.90 Å². The molecule has 1 N–H and O–H groups in total. The lowest BCUT2D eigenvalue weighted by Gasteiger charge is -2.32. The zero-order valence-corrected chi connectivity index (χ0v) is 15.6. The number of aryl methyl sites for hydroxylation is 1. The van der Waals surface area contributed by atoms with Crippen LogP contribution in [0.25, 0.3) is 0 Å². The van der Waals surface area contributed by atoms with Crippen molar-refractivity contribution < 1.29 is 9.53 Å². The smallest absolute Gasteiger partial charge is 0.407 e. The van der Waals surface area contributed by atoms with E-state index in [4.69, 9.17) is 4.74 Å². The fourth-order valence-electron chi connectivity index (χ4n) is 3.19. The van der Waals surface area contributed by atoms with Gasteiger partial charge in [0, 0.05) is 13.1 Å². The van der Waals surface area contributed by atoms with E-state index >= 15 is 0 Å². The molecule has 2 rings (SSSR count). The molecule has 1 aliphatic rings. The molecule has 0 bridgehead atoms. The fraction of sp³-hybridized carbons (Fsp3) is 0.650. The maximum Gasteiger partial charge on any atom is 0.407 e. The maximum absolute atomic E-state index is 11.6. The van der Waals surface area contributed by atoms with Crippen LogP contribution in [-0.2, 0) is 11.3 Å². The average molecular weight is 332 g/mol. The molecule has 1 aliphatic heterocycles. The molecule has 134 valence electrons. The first-order valence-corrected chi connectivity index (χ1v) is 9.06. The first-order chi connectivity index (χ1) is 11.3. The summed E-state index contributed by atoms with van der Waals surface area (Å²) in [6.07, 6.45) is 3.15. The van der Waals surface area contributed by atoms with E-state index in [9.17, 15) is 4.79 Å². The number of nitrogens with zero attached hydrogens (tertiary/aromatic N) is 1. The Bertz CT molecular complexity index is 529. The molecule has 4 nitrogen and oxygen atoms in total. The van der Waals surface area contributed by atoms with Crippen molar-refractivity contribution >= 4 is 6.09 Å². The molecule has 0 aromatic heterocycles. The summed E-state index contributed by atoms with van der Waals surface area (Å²) in [6, 6.07) is 8.77. The molecule has 1 aromatic carbocycles. The van der Waals surface area contributed by atoms with Gasteiger partial charge in [-0.05, 0) is 71.5 Å². The zero-order valence-electron chi connectivity index (χ0n) is 15.6. The third kappa shape index (κ3) is 6.91. The molecule has 4 heteroatoms. The number of likely N-dealkylation sites (tertiary alicyclic amines) is 1. The molecule has 1 amide bonds. The van der Waals surface area contributed by atoms with Crippen molar-refractivity contribution in [1.82, 2.24) is 10.2 Å². The molecular weight excluding hydrogens is 300 g/mol. The Morgan fingerprint density at radius 2 is 2.00 bits per heavy atom. The van der Waals surface area contributed by atoms with Crippen LogP contribution in [0.4, 0.5) is 4.79 Å². The van der Waals surface area contributed by atoms with Gasteiger partial charge in [0.25, 0.3) is 0 Å². The van der Waals surface area contributed by atoms with Gasteiger partial charge >= 0.3 is 6.09 Å². The van der Waals surface area contributed by atoms with Crippen molar-refractivity contribution in [2.24, 2.45) is 5.92 Å². The minimum Gasteiger partial charge on any atom is -0.444 e. The highest BCUT2D eigenvalue weighted by molar-refractivity contribution is 5.67. The van der Waals surface area contributed by atoms with Crippen LogP contribution in [0, 0.1) is 12.8 Å². The van der Waals surface area contributed by atoms with Crippen LogP contribution < -0.4 is 5.32 Å². The van der Waals surface area contributed by atoms with Crippen molar-refractivity contribution in [2.75, 3.05) is 19.6 Å². The summed E-state index contributed by atoms with van der Waals surface area (Å²) in [4.78, 5) is 14.2. The maximum atomic E-state index is 11.6. The van der Waals surface area contributed by atoms with Crippen molar-refractivity contribution in [3.8, 4) is 0 Å². The van der Waals surface area contributed by atoms with Gasteiger partial charge in [0.15, 0.2) is 0 Å². The Hall–Kier alpha value is -1.55. The van der Waals surface area contributed by atoms with E-state index in [-0.39, 0.29) is 6.09 Å². The molecule has 1 saturated heterocycles. The second kappa shape index (κ2) is 8.52. The van der Waals surface area contributed by atoms with Crippen molar-refractivity contribution in [3.05, 3.63) is 35.4 Å². The van der Waals surface area contributed by atoms with E-state index in [1.54, 1.807) is 0 Å². The summed E-state index contributed by atoms with van der Waals surface area (Å²) in [5.74, 6) is 0.702. The van der Waals surface area contributed by atoms with Crippen molar-refractivity contribution in [2.45, 2.75) is 59.1 Å². The minimum absolute atomic E-state index is 0.306. The van der Waals surface area contributed by atoms with Crippen LogP contribution in [0.3, 0.4) is 0 Å². The predicted octanol–water partition coefficient (Wildman–Crippen LogP) is 4.12. The van der Waals surface area contributed by atoms with E-state index in [0.29, 0.717) is 12.5 Å². The number of piperidine rings is 1. The minimum atomic E-state index is -0.425. The standard InChI is InChI=1S/C20H32N2O2/c1-16-6-5-7-18(14-16)15-22-12-9-17(10-13-22)8-11-21-19(23)24-20(2,3)4/h5-7,14,17H,8-13,15H2,1-4H3,(H,21,23). The van der Waals surface area contributed by atoms with Gasteiger partial charge in [0.05, 0.1) is 0 Å². The van der Waals surface area contributed by atoms with E-state index < -0.39 is 5.60 Å². The molecule has 24 heavy (non-hydrogen) atoms. The topological polar surface area (TPSA) is 41.6 Å². The van der Waals surface area contributed by atoms with Gasteiger partial charge in [-0.15, -0.1) is 0 Å². The summed E-state index contributed by atoms with van der Waals surface area (Å²) in [6.45, 7) is 11.8. The number of nitrogens with one attached hydrogen (secondary N) is 1. The number of benzene rings is 1. The lowest BCUT2D eigenvalue weighted by Crippen LogP contribution is -2.36. The third-order valence-corrected chi connectivity index (χ3v) is 4.42. The van der Waals surface area contributed by atoms with E-state index in [2.05, 4.69) is 41.4 Å². The molecule has 0 spiro atoms. The van der Waals surface area contributed by atoms with E-state index in [0.717, 1.165) is 26.1 Å². The summed E-state index contributed by atoms with van der Waals surface area (Å²) >= 11 is 0. The summed E-state index contributed by atoms with van der Waals surface area (Å²) in [7, 11) is 0. The number of hydrogen-bond donors (Lipinski definition) is 1. The van der Waals surface area contributed by atoms with Crippen LogP contribution in [0.2, 0.25) is 0 Å². The molecule has 0 radical (unpaired) electrons. The van der Waals surface area contributed by atoms with Crippen LogP contribution in [0.5, 0.6) is 0 Å². The Morgan fingerprint density at radius 3 is 2.62 bits per heavy atom. The second-order valence-corrected chi connectivity index (χ2v) is 7.93. The van der Waals surface area contributed by atoms with Crippen molar-refractivity contribution in [1.29, 1.82) is 0 Å². The van der Waals surface area contributed by atoms with Gasteiger partial charge in [-0.1, -0.05) is 29.8 Å². The normalized spacial score (nSPS) is 16.8. The highest BCUT2D eigenvalue weighted by atomic mass is 16.6. The molecule has 1 aromatic rings. The van der Waals surface area contributed by atoms with Crippen LogP contribution in [0.15, 0.2) is 24.3 Å². The molecule has 0 aliphatic carbocycles. The summed E-state index contributed by atoms with van der Waals surface area (Å²) in [5, 5.41) is 2.87. The summed E-state index contributed by atoms with van der Waals surface area (Å²) < 4.78 is 5.26. The Labute approximate surface area is 146 Å². The lowest BCUT2D eigenvalue weighted by atomic mass is 9.93. The van der Waals surface area contributed by atoms with E-state index in [1.165, 1.54) is 24.0 Å². The van der Waals surface area contributed by atoms with Gasteiger partial charge < -0.3 is 10.1 Å². The Balaban J connectivity index is 1.63. The number of alkyl carbamates (subject to hydrolysis) is 1. The number of hydrogen-bond acceptors (Lipinski definition) is 3. The van der Waals surface area contributed by atoms with Gasteiger partial charge in [0.2, 0.25) is 0 Å². The summed E-state index contributed by atoms with van der Waals surface area (Å²) in [5.41, 5.74) is 2.31. The monoisotopic (exact) mass is 332 g/mol. The van der Waals surface area contributed by atoms with E-state index in [1.807, 2.05) is 20.8 Å². The number of carbonyl (C=O) groups excluding carboxylic acids is 1. The van der Waals surface area contributed by atoms with Gasteiger partial charge in [-0.25, -0.2) is 4.79 Å². The molecule has 0 unspecified atom stereocenters. The number of rotatable bonds is 5. The molecule has 1 fully saturated rings. The first kappa shape index (κ1) is 18.8. The van der Waals surface area contributed by atoms with Crippen LogP contribution in [-0.4, -0.2) is 36.2 Å². The van der Waals surface area contributed by atoms with Crippen LogP contribution >= 0.6 is 0 Å². The molecule has 0 atom stereocenters. The largest absolute Gasteiger partial charge is 0.444 e. The van der Waals surface area contributed by atoms with Gasteiger partial charge in [-0.2, -0.15) is 0 Å². The Kier molecular flexibility index (Phi) is 6.67. The highest BCUT2D eigenvalue weighted by Crippen LogP contribution is 2.21. The second-order valence-electron chi connectivity index (χ2n) is 7.93. The van der Waals surface area contributed by atoms with Gasteiger partial charge in [0.1, 0.15) is 5.60 Å². The van der Waals surface area contributed by atoms with Crippen molar-refractivity contribution in [3.63, 3.8) is 0 Å². The number of carbonyl (C=O) groups is 1. The molecule has 1 heterocycles. The predicted molar refractivity (Wildman–Crippen MR) is 98.0 cm³/mol. The molecule has 0 saturated carbocycles. The zero-order chi connectivity index (χ0) is 17.6.